The lowest BCUT2D eigenvalue weighted by Gasteiger charge is -2.41. The van der Waals surface area contributed by atoms with Gasteiger partial charge in [-0.25, -0.2) is 0 Å². The van der Waals surface area contributed by atoms with E-state index in [0.29, 0.717) is 5.41 Å². The highest BCUT2D eigenvalue weighted by atomic mass is 15.2. The molecule has 0 atom stereocenters. The van der Waals surface area contributed by atoms with Gasteiger partial charge in [-0.2, -0.15) is 5.26 Å². The van der Waals surface area contributed by atoms with Crippen molar-refractivity contribution in [1.82, 2.24) is 9.80 Å². The normalized spacial score (nSPS) is 29.0. The summed E-state index contributed by atoms with van der Waals surface area (Å²) in [4.78, 5) is 5.37. The van der Waals surface area contributed by atoms with E-state index in [1.807, 2.05) is 0 Å². The fraction of sp³-hybridized carbons (Fsp3) is 0.938. The van der Waals surface area contributed by atoms with Crippen LogP contribution in [-0.2, 0) is 0 Å². The zero-order chi connectivity index (χ0) is 13.1. The largest absolute Gasteiger partial charge is 0.303 e. The standard InChI is InChI=1S/C16H27N3/c17-9-8-16(6-7-16)14-18-12-4-15(5-13-18)19-10-2-1-3-11-19/h15H,1-8,10-14H2. The van der Waals surface area contributed by atoms with Crippen LogP contribution in [0.5, 0.6) is 0 Å². The van der Waals surface area contributed by atoms with Gasteiger partial charge in [0, 0.05) is 19.0 Å². The van der Waals surface area contributed by atoms with Gasteiger partial charge in [-0.1, -0.05) is 6.42 Å². The zero-order valence-electron chi connectivity index (χ0n) is 12.1. The van der Waals surface area contributed by atoms with Gasteiger partial charge in [0.25, 0.3) is 0 Å². The van der Waals surface area contributed by atoms with Gasteiger partial charge in [-0.3, -0.25) is 0 Å². The van der Waals surface area contributed by atoms with Crippen molar-refractivity contribution in [2.75, 3.05) is 32.7 Å². The van der Waals surface area contributed by atoms with Gasteiger partial charge in [0.15, 0.2) is 0 Å². The van der Waals surface area contributed by atoms with E-state index in [-0.39, 0.29) is 0 Å². The Morgan fingerprint density at radius 1 is 1.00 bits per heavy atom. The van der Waals surface area contributed by atoms with E-state index in [1.54, 1.807) is 0 Å². The van der Waals surface area contributed by atoms with Crippen LogP contribution in [0.2, 0.25) is 0 Å². The molecular weight excluding hydrogens is 234 g/mol. The molecule has 2 aliphatic heterocycles. The molecule has 0 aromatic heterocycles. The van der Waals surface area contributed by atoms with Gasteiger partial charge in [0.05, 0.1) is 6.07 Å². The van der Waals surface area contributed by atoms with E-state index >= 15 is 0 Å². The molecule has 106 valence electrons. The number of likely N-dealkylation sites (tertiary alicyclic amines) is 2. The summed E-state index contributed by atoms with van der Waals surface area (Å²) >= 11 is 0. The van der Waals surface area contributed by atoms with Crippen LogP contribution in [0.3, 0.4) is 0 Å². The Hall–Kier alpha value is -0.590. The monoisotopic (exact) mass is 261 g/mol. The predicted molar refractivity (Wildman–Crippen MR) is 76.8 cm³/mol. The fourth-order valence-corrected chi connectivity index (χ4v) is 3.94. The van der Waals surface area contributed by atoms with Crippen LogP contribution in [0.25, 0.3) is 0 Å². The average Bonchev–Trinajstić information content (AvgIpc) is 3.20. The van der Waals surface area contributed by atoms with Crippen molar-refractivity contribution < 1.29 is 0 Å². The maximum atomic E-state index is 8.91. The Bertz CT molecular complexity index is 328. The Labute approximate surface area is 117 Å². The highest BCUT2D eigenvalue weighted by molar-refractivity contribution is 5.01. The minimum absolute atomic E-state index is 0.396. The molecule has 19 heavy (non-hydrogen) atoms. The molecule has 3 rings (SSSR count). The number of hydrogen-bond donors (Lipinski definition) is 0. The molecule has 1 aliphatic carbocycles. The number of piperidine rings is 2. The van der Waals surface area contributed by atoms with E-state index < -0.39 is 0 Å². The van der Waals surface area contributed by atoms with Crippen molar-refractivity contribution in [2.24, 2.45) is 5.41 Å². The van der Waals surface area contributed by atoms with Gasteiger partial charge >= 0.3 is 0 Å². The minimum Gasteiger partial charge on any atom is -0.303 e. The second kappa shape index (κ2) is 5.81. The third-order valence-corrected chi connectivity index (χ3v) is 5.43. The number of hydrogen-bond acceptors (Lipinski definition) is 3. The molecule has 2 heterocycles. The van der Waals surface area contributed by atoms with Gasteiger partial charge < -0.3 is 9.80 Å². The van der Waals surface area contributed by atoms with Crippen LogP contribution in [0.4, 0.5) is 0 Å². The molecule has 3 heteroatoms. The van der Waals surface area contributed by atoms with E-state index in [4.69, 9.17) is 5.26 Å². The van der Waals surface area contributed by atoms with Crippen molar-refractivity contribution in [1.29, 1.82) is 5.26 Å². The van der Waals surface area contributed by atoms with Gasteiger partial charge in [-0.15, -0.1) is 0 Å². The Balaban J connectivity index is 1.43. The Kier molecular flexibility index (Phi) is 4.10. The number of nitriles is 1. The Morgan fingerprint density at radius 2 is 1.68 bits per heavy atom. The van der Waals surface area contributed by atoms with Crippen LogP contribution in [0.1, 0.15) is 51.4 Å². The smallest absolute Gasteiger partial charge is 0.0628 e. The third kappa shape index (κ3) is 3.30. The first-order valence-electron chi connectivity index (χ1n) is 8.15. The molecule has 3 fully saturated rings. The molecule has 0 aromatic carbocycles. The summed E-state index contributed by atoms with van der Waals surface area (Å²) in [5.74, 6) is 0. The number of rotatable bonds is 4. The van der Waals surface area contributed by atoms with Gasteiger partial charge in [0.1, 0.15) is 0 Å². The van der Waals surface area contributed by atoms with Crippen molar-refractivity contribution in [3.05, 3.63) is 0 Å². The molecule has 1 saturated carbocycles. The quantitative estimate of drug-likeness (QED) is 0.779. The summed E-state index contributed by atoms with van der Waals surface area (Å²) in [7, 11) is 0. The minimum atomic E-state index is 0.396. The van der Waals surface area contributed by atoms with E-state index in [0.717, 1.165) is 12.5 Å². The SMILES string of the molecule is N#CCC1(CN2CCC(N3CCCCC3)CC2)CC1. The highest BCUT2D eigenvalue weighted by Crippen LogP contribution is 2.49. The molecular formula is C16H27N3. The lowest BCUT2D eigenvalue weighted by atomic mass is 9.97. The molecule has 0 radical (unpaired) electrons. The van der Waals surface area contributed by atoms with Crippen LogP contribution in [0, 0.1) is 16.7 Å². The maximum Gasteiger partial charge on any atom is 0.0628 e. The summed E-state index contributed by atoms with van der Waals surface area (Å²) in [6, 6.07) is 3.24. The molecule has 0 aromatic rings. The lowest BCUT2D eigenvalue weighted by molar-refractivity contribution is 0.0832. The highest BCUT2D eigenvalue weighted by Gasteiger charge is 2.44. The molecule has 3 nitrogen and oxygen atoms in total. The fourth-order valence-electron chi connectivity index (χ4n) is 3.94. The van der Waals surface area contributed by atoms with Crippen LogP contribution in [-0.4, -0.2) is 48.6 Å². The molecule has 0 amide bonds. The molecule has 3 aliphatic rings. The van der Waals surface area contributed by atoms with Gasteiger partial charge in [-0.05, 0) is 70.1 Å². The molecule has 0 N–H and O–H groups in total. The predicted octanol–water partition coefficient (Wildman–Crippen LogP) is 2.63. The van der Waals surface area contributed by atoms with Gasteiger partial charge in [0.2, 0.25) is 0 Å². The van der Waals surface area contributed by atoms with Crippen LogP contribution >= 0.6 is 0 Å². The Morgan fingerprint density at radius 3 is 2.26 bits per heavy atom. The second-order valence-electron chi connectivity index (χ2n) is 6.94. The van der Waals surface area contributed by atoms with E-state index in [9.17, 15) is 0 Å². The summed E-state index contributed by atoms with van der Waals surface area (Å²) in [6.45, 7) is 6.38. The van der Waals surface area contributed by atoms with Crippen molar-refractivity contribution >= 4 is 0 Å². The van der Waals surface area contributed by atoms with Crippen molar-refractivity contribution in [2.45, 2.75) is 57.4 Å². The van der Waals surface area contributed by atoms with Crippen LogP contribution < -0.4 is 0 Å². The average molecular weight is 261 g/mol. The summed E-state index contributed by atoms with van der Waals surface area (Å²) < 4.78 is 0. The molecule has 0 bridgehead atoms. The third-order valence-electron chi connectivity index (χ3n) is 5.43. The summed E-state index contributed by atoms with van der Waals surface area (Å²) in [5, 5.41) is 8.91. The first-order valence-corrected chi connectivity index (χ1v) is 8.15. The molecule has 2 saturated heterocycles. The number of nitrogens with zero attached hydrogens (tertiary/aromatic N) is 3. The van der Waals surface area contributed by atoms with Crippen LogP contribution in [0.15, 0.2) is 0 Å². The molecule has 0 spiro atoms. The second-order valence-corrected chi connectivity index (χ2v) is 6.94. The van der Waals surface area contributed by atoms with E-state index in [1.165, 1.54) is 77.7 Å². The first-order chi connectivity index (χ1) is 9.31. The zero-order valence-corrected chi connectivity index (χ0v) is 12.1. The van der Waals surface area contributed by atoms with Crippen molar-refractivity contribution in [3.63, 3.8) is 0 Å². The maximum absolute atomic E-state index is 8.91. The topological polar surface area (TPSA) is 30.3 Å². The van der Waals surface area contributed by atoms with E-state index in [2.05, 4.69) is 15.9 Å². The molecule has 0 unspecified atom stereocenters. The summed E-state index contributed by atoms with van der Waals surface area (Å²) in [5.41, 5.74) is 0.396. The van der Waals surface area contributed by atoms with Crippen molar-refractivity contribution in [3.8, 4) is 6.07 Å². The lowest BCUT2D eigenvalue weighted by Crippen LogP contribution is -2.47. The summed E-state index contributed by atoms with van der Waals surface area (Å²) in [6.07, 6.45) is 10.3. The first kappa shape index (κ1) is 13.4.